The largest absolute Gasteiger partial charge is 0.480 e. The maximum atomic E-state index is 12.5. The van der Waals surface area contributed by atoms with Crippen molar-refractivity contribution >= 4 is 16.0 Å². The number of aryl methyl sites for hydroxylation is 2. The van der Waals surface area contributed by atoms with Gasteiger partial charge in [-0.1, -0.05) is 26.0 Å². The number of aromatic amines is 1. The van der Waals surface area contributed by atoms with Gasteiger partial charge in [-0.15, -0.1) is 0 Å². The average molecular weight is 351 g/mol. The Morgan fingerprint density at radius 2 is 1.79 bits per heavy atom. The molecular weight excluding hydrogens is 330 g/mol. The van der Waals surface area contributed by atoms with Gasteiger partial charge in [-0.2, -0.15) is 9.82 Å². The van der Waals surface area contributed by atoms with E-state index in [0.717, 1.165) is 5.56 Å². The number of benzene rings is 1. The molecule has 1 atom stereocenters. The van der Waals surface area contributed by atoms with E-state index in [1.165, 1.54) is 12.1 Å². The highest BCUT2D eigenvalue weighted by Gasteiger charge is 2.30. The number of nitrogens with zero attached hydrogens (tertiary/aromatic N) is 1. The predicted molar refractivity (Wildman–Crippen MR) is 89.3 cm³/mol. The van der Waals surface area contributed by atoms with Gasteiger partial charge in [0.15, 0.2) is 0 Å². The first-order valence-corrected chi connectivity index (χ1v) is 8.98. The van der Waals surface area contributed by atoms with Gasteiger partial charge >= 0.3 is 5.97 Å². The number of rotatable bonds is 6. The van der Waals surface area contributed by atoms with Gasteiger partial charge in [-0.05, 0) is 37.5 Å². The molecule has 3 N–H and O–H groups in total. The molecule has 0 aliphatic heterocycles. The second-order valence-corrected chi connectivity index (χ2v) is 7.68. The molecular formula is C16H21N3O4S. The minimum absolute atomic E-state index is 0.0250. The van der Waals surface area contributed by atoms with Crippen LogP contribution in [0.15, 0.2) is 29.2 Å². The van der Waals surface area contributed by atoms with Crippen molar-refractivity contribution < 1.29 is 18.3 Å². The second kappa shape index (κ2) is 6.74. The highest BCUT2D eigenvalue weighted by Crippen LogP contribution is 2.23. The van der Waals surface area contributed by atoms with Gasteiger partial charge in [0.05, 0.1) is 10.6 Å². The molecule has 8 heteroatoms. The van der Waals surface area contributed by atoms with E-state index >= 15 is 0 Å². The number of nitrogens with one attached hydrogen (secondary N) is 2. The van der Waals surface area contributed by atoms with E-state index in [2.05, 4.69) is 14.9 Å². The molecule has 0 saturated heterocycles. The Morgan fingerprint density at radius 1 is 1.21 bits per heavy atom. The van der Waals surface area contributed by atoms with Gasteiger partial charge in [0.1, 0.15) is 6.04 Å². The molecule has 1 aromatic heterocycles. The molecule has 2 aromatic rings. The maximum absolute atomic E-state index is 12.5. The first-order valence-electron chi connectivity index (χ1n) is 7.50. The number of hydrogen-bond donors (Lipinski definition) is 3. The summed E-state index contributed by atoms with van der Waals surface area (Å²) in [7, 11) is -3.98. The Kier molecular flexibility index (Phi) is 5.10. The number of hydrogen-bond acceptors (Lipinski definition) is 4. The van der Waals surface area contributed by atoms with Crippen molar-refractivity contribution in [1.82, 2.24) is 14.9 Å². The molecule has 0 amide bonds. The normalized spacial score (nSPS) is 13.2. The molecule has 0 fully saturated rings. The number of H-pyrrole nitrogens is 1. The Bertz CT molecular complexity index is 819. The van der Waals surface area contributed by atoms with Crippen LogP contribution in [0.4, 0.5) is 0 Å². The monoisotopic (exact) mass is 351 g/mol. The summed E-state index contributed by atoms with van der Waals surface area (Å²) in [6.07, 6.45) is 0. The van der Waals surface area contributed by atoms with E-state index < -0.39 is 22.0 Å². The molecule has 130 valence electrons. The molecule has 0 bridgehead atoms. The maximum Gasteiger partial charge on any atom is 0.326 e. The quantitative estimate of drug-likeness (QED) is 0.739. The Morgan fingerprint density at radius 3 is 2.21 bits per heavy atom. The highest BCUT2D eigenvalue weighted by atomic mass is 32.2. The van der Waals surface area contributed by atoms with Crippen LogP contribution in [0.2, 0.25) is 0 Å². The lowest BCUT2D eigenvalue weighted by atomic mass is 10.0. The molecule has 7 nitrogen and oxygen atoms in total. The van der Waals surface area contributed by atoms with Gasteiger partial charge in [0.2, 0.25) is 10.0 Å². The summed E-state index contributed by atoms with van der Waals surface area (Å²) in [6, 6.07) is 5.00. The smallest absolute Gasteiger partial charge is 0.326 e. The topological polar surface area (TPSA) is 112 Å². The molecule has 0 spiro atoms. The second-order valence-electron chi connectivity index (χ2n) is 5.96. The predicted octanol–water partition coefficient (Wildman–Crippen LogP) is 2.25. The van der Waals surface area contributed by atoms with Crippen LogP contribution in [-0.4, -0.2) is 29.7 Å². The van der Waals surface area contributed by atoms with Crippen molar-refractivity contribution in [3.63, 3.8) is 0 Å². The summed E-state index contributed by atoms with van der Waals surface area (Å²) >= 11 is 0. The Labute approximate surface area is 141 Å². The van der Waals surface area contributed by atoms with Crippen LogP contribution in [0.25, 0.3) is 0 Å². The van der Waals surface area contributed by atoms with Crippen molar-refractivity contribution in [2.75, 3.05) is 0 Å². The van der Waals surface area contributed by atoms with Crippen molar-refractivity contribution in [3.05, 3.63) is 46.8 Å². The van der Waals surface area contributed by atoms with Crippen LogP contribution in [0.3, 0.4) is 0 Å². The molecule has 2 rings (SSSR count). The van der Waals surface area contributed by atoms with E-state index in [1.807, 2.05) is 13.8 Å². The van der Waals surface area contributed by atoms with Crippen LogP contribution in [-0.2, 0) is 14.8 Å². The van der Waals surface area contributed by atoms with Crippen molar-refractivity contribution in [2.24, 2.45) is 0 Å². The molecule has 0 radical (unpaired) electrons. The molecule has 1 aromatic carbocycles. The van der Waals surface area contributed by atoms with E-state index in [4.69, 9.17) is 0 Å². The summed E-state index contributed by atoms with van der Waals surface area (Å²) in [5.41, 5.74) is 2.28. The number of aliphatic carboxylic acids is 1. The third-order valence-corrected chi connectivity index (χ3v) is 5.29. The Balaban J connectivity index is 2.36. The zero-order valence-electron chi connectivity index (χ0n) is 14.0. The molecule has 24 heavy (non-hydrogen) atoms. The fraction of sp³-hybridized carbons (Fsp3) is 0.375. The van der Waals surface area contributed by atoms with Gasteiger partial charge in [-0.3, -0.25) is 9.89 Å². The van der Waals surface area contributed by atoms with E-state index in [-0.39, 0.29) is 10.8 Å². The standard InChI is InChI=1S/C16H21N3O4S/c1-9(2)12-5-7-13(8-6-12)24(22,23)19-15(16(20)21)14-10(3)17-18-11(14)4/h5-9,15,19H,1-4H3,(H,17,18)(H,20,21)/t15-/m1/s1. The molecule has 0 unspecified atom stereocenters. The van der Waals surface area contributed by atoms with Crippen molar-refractivity contribution in [2.45, 2.75) is 44.6 Å². The van der Waals surface area contributed by atoms with Crippen molar-refractivity contribution in [3.8, 4) is 0 Å². The fourth-order valence-electron chi connectivity index (χ4n) is 2.47. The third-order valence-electron chi connectivity index (χ3n) is 3.85. The van der Waals surface area contributed by atoms with Gasteiger partial charge < -0.3 is 5.11 Å². The van der Waals surface area contributed by atoms with E-state index in [0.29, 0.717) is 17.0 Å². The number of sulfonamides is 1. The zero-order valence-corrected chi connectivity index (χ0v) is 14.8. The third kappa shape index (κ3) is 3.65. The first-order chi connectivity index (χ1) is 11.1. The SMILES string of the molecule is Cc1n[nH]c(C)c1[C@@H](NS(=O)(=O)c1ccc(C(C)C)cc1)C(=O)O. The summed E-state index contributed by atoms with van der Waals surface area (Å²) in [5.74, 6) is -1.01. The number of aromatic nitrogens is 2. The summed E-state index contributed by atoms with van der Waals surface area (Å²) in [6.45, 7) is 7.29. The van der Waals surface area contributed by atoms with E-state index in [1.54, 1.807) is 26.0 Å². The summed E-state index contributed by atoms with van der Waals surface area (Å²) < 4.78 is 27.3. The fourth-order valence-corrected chi connectivity index (χ4v) is 3.63. The van der Waals surface area contributed by atoms with Crippen LogP contribution in [0.5, 0.6) is 0 Å². The van der Waals surface area contributed by atoms with Gasteiger partial charge in [-0.25, -0.2) is 8.42 Å². The Hall–Kier alpha value is -2.19. The minimum Gasteiger partial charge on any atom is -0.480 e. The van der Waals surface area contributed by atoms with Crippen LogP contribution < -0.4 is 4.72 Å². The zero-order chi connectivity index (χ0) is 18.1. The molecule has 0 aliphatic rings. The molecule has 0 aliphatic carbocycles. The van der Waals surface area contributed by atoms with Gasteiger partial charge in [0.25, 0.3) is 0 Å². The molecule has 0 saturated carbocycles. The van der Waals surface area contributed by atoms with Crippen LogP contribution in [0, 0.1) is 13.8 Å². The minimum atomic E-state index is -3.98. The van der Waals surface area contributed by atoms with E-state index in [9.17, 15) is 18.3 Å². The lowest BCUT2D eigenvalue weighted by molar-refractivity contribution is -0.139. The lowest BCUT2D eigenvalue weighted by Crippen LogP contribution is -2.34. The van der Waals surface area contributed by atoms with Crippen molar-refractivity contribution in [1.29, 1.82) is 0 Å². The highest BCUT2D eigenvalue weighted by molar-refractivity contribution is 7.89. The number of carboxylic acid groups (broad SMARTS) is 1. The summed E-state index contributed by atoms with van der Waals surface area (Å²) in [4.78, 5) is 11.6. The van der Waals surface area contributed by atoms with Gasteiger partial charge in [0, 0.05) is 11.3 Å². The first kappa shape index (κ1) is 18.2. The van der Waals surface area contributed by atoms with Crippen LogP contribution >= 0.6 is 0 Å². The number of carboxylic acids is 1. The average Bonchev–Trinajstić information content (AvgIpc) is 2.84. The summed E-state index contributed by atoms with van der Waals surface area (Å²) in [5, 5.41) is 16.1. The lowest BCUT2D eigenvalue weighted by Gasteiger charge is -2.16. The number of carbonyl (C=O) groups is 1. The molecule has 1 heterocycles. The van der Waals surface area contributed by atoms with Crippen LogP contribution in [0.1, 0.15) is 48.3 Å².